The Balaban J connectivity index is 3.31. The summed E-state index contributed by atoms with van der Waals surface area (Å²) in [4.78, 5) is 11.8. The van der Waals surface area contributed by atoms with E-state index in [1.54, 1.807) is 6.07 Å². The van der Waals surface area contributed by atoms with E-state index in [1.165, 1.54) is 21.3 Å². The predicted molar refractivity (Wildman–Crippen MR) is 77.2 cm³/mol. The summed E-state index contributed by atoms with van der Waals surface area (Å²) in [5.41, 5.74) is 1.38. The quantitative estimate of drug-likeness (QED) is 0.416. The Hall–Kier alpha value is -2.05. The van der Waals surface area contributed by atoms with Crippen molar-refractivity contribution in [1.29, 1.82) is 0 Å². The van der Waals surface area contributed by atoms with Gasteiger partial charge >= 0.3 is 5.97 Å². The zero-order valence-electron chi connectivity index (χ0n) is 12.7. The summed E-state index contributed by atoms with van der Waals surface area (Å²) in [6.07, 6.45) is 0. The van der Waals surface area contributed by atoms with Crippen LogP contribution in [0.25, 0.3) is 5.57 Å². The van der Waals surface area contributed by atoms with Crippen LogP contribution >= 0.6 is 0 Å². The molecule has 0 fully saturated rings. The zero-order chi connectivity index (χ0) is 15.8. The highest BCUT2D eigenvalue weighted by molar-refractivity contribution is 6.17. The second-order valence-electron chi connectivity index (χ2n) is 4.16. The van der Waals surface area contributed by atoms with E-state index in [2.05, 4.69) is 6.58 Å². The summed E-state index contributed by atoms with van der Waals surface area (Å²) in [5, 5.41) is 0. The molecule has 1 rings (SSSR count). The smallest absolute Gasteiger partial charge is 0.338 e. The van der Waals surface area contributed by atoms with Crippen molar-refractivity contribution in [3.05, 3.63) is 29.8 Å². The van der Waals surface area contributed by atoms with Crippen LogP contribution in [0, 0.1) is 6.92 Å². The van der Waals surface area contributed by atoms with E-state index in [4.69, 9.17) is 23.7 Å². The fraction of sp³-hybridized carbons (Fsp3) is 0.400. The Morgan fingerprint density at radius 3 is 2.29 bits per heavy atom. The van der Waals surface area contributed by atoms with Gasteiger partial charge in [-0.05, 0) is 18.6 Å². The summed E-state index contributed by atoms with van der Waals surface area (Å²) in [7, 11) is 4.30. The molecule has 0 aliphatic carbocycles. The number of carbonyl (C=O) groups is 1. The SMILES string of the molecule is C=C(C(=O)OC)c1c(OCOC)ccc(C)c1OCOC. The molecule has 0 heterocycles. The molecule has 0 radical (unpaired) electrons. The number of rotatable bonds is 8. The molecule has 6 heteroatoms. The number of hydrogen-bond acceptors (Lipinski definition) is 6. The van der Waals surface area contributed by atoms with Gasteiger partial charge in [-0.15, -0.1) is 0 Å². The van der Waals surface area contributed by atoms with E-state index in [0.717, 1.165) is 5.56 Å². The third-order valence-corrected chi connectivity index (χ3v) is 2.70. The average molecular weight is 296 g/mol. The Morgan fingerprint density at radius 2 is 1.71 bits per heavy atom. The van der Waals surface area contributed by atoms with Crippen LogP contribution < -0.4 is 9.47 Å². The first-order chi connectivity index (χ1) is 10.1. The normalized spacial score (nSPS) is 10.1. The van der Waals surface area contributed by atoms with Crippen LogP contribution in [0.4, 0.5) is 0 Å². The molecular formula is C15H20O6. The summed E-state index contributed by atoms with van der Waals surface area (Å²) in [6, 6.07) is 3.53. The third-order valence-electron chi connectivity index (χ3n) is 2.70. The molecule has 0 unspecified atom stereocenters. The largest absolute Gasteiger partial charge is 0.467 e. The van der Waals surface area contributed by atoms with Gasteiger partial charge in [0.1, 0.15) is 11.5 Å². The maximum Gasteiger partial charge on any atom is 0.338 e. The number of carbonyl (C=O) groups excluding carboxylic acids is 1. The molecule has 1 aromatic rings. The van der Waals surface area contributed by atoms with Crippen molar-refractivity contribution >= 4 is 11.5 Å². The fourth-order valence-electron chi connectivity index (χ4n) is 1.73. The molecule has 0 atom stereocenters. The number of ether oxygens (including phenoxy) is 5. The van der Waals surface area contributed by atoms with Crippen LogP contribution in [0.5, 0.6) is 11.5 Å². The molecule has 0 spiro atoms. The van der Waals surface area contributed by atoms with Crippen molar-refractivity contribution in [3.63, 3.8) is 0 Å². The van der Waals surface area contributed by atoms with Crippen molar-refractivity contribution in [3.8, 4) is 11.5 Å². The van der Waals surface area contributed by atoms with Crippen LogP contribution in [0.15, 0.2) is 18.7 Å². The van der Waals surface area contributed by atoms with Gasteiger partial charge in [0, 0.05) is 14.2 Å². The van der Waals surface area contributed by atoms with Crippen LogP contribution in [-0.2, 0) is 19.0 Å². The van der Waals surface area contributed by atoms with Crippen molar-refractivity contribution in [1.82, 2.24) is 0 Å². The monoisotopic (exact) mass is 296 g/mol. The second kappa shape index (κ2) is 8.28. The van der Waals surface area contributed by atoms with Gasteiger partial charge in [-0.3, -0.25) is 0 Å². The maximum absolute atomic E-state index is 11.8. The Bertz CT molecular complexity index is 509. The number of aryl methyl sites for hydroxylation is 1. The summed E-state index contributed by atoms with van der Waals surface area (Å²) in [6.45, 7) is 5.68. The summed E-state index contributed by atoms with van der Waals surface area (Å²) < 4.78 is 25.5. The topological polar surface area (TPSA) is 63.2 Å². The van der Waals surface area contributed by atoms with E-state index >= 15 is 0 Å². The van der Waals surface area contributed by atoms with Gasteiger partial charge in [-0.25, -0.2) is 4.79 Å². The minimum absolute atomic E-state index is 0.0359. The molecular weight excluding hydrogens is 276 g/mol. The molecule has 0 aliphatic rings. The molecule has 116 valence electrons. The van der Waals surface area contributed by atoms with E-state index < -0.39 is 5.97 Å². The third kappa shape index (κ3) is 4.21. The van der Waals surface area contributed by atoms with E-state index in [0.29, 0.717) is 17.1 Å². The highest BCUT2D eigenvalue weighted by Gasteiger charge is 2.22. The first kappa shape index (κ1) is 17.0. The molecule has 0 bridgehead atoms. The highest BCUT2D eigenvalue weighted by Crippen LogP contribution is 2.37. The van der Waals surface area contributed by atoms with Crippen LogP contribution in [-0.4, -0.2) is 40.9 Å². The fourth-order valence-corrected chi connectivity index (χ4v) is 1.73. The van der Waals surface area contributed by atoms with E-state index in [1.807, 2.05) is 13.0 Å². The summed E-state index contributed by atoms with van der Waals surface area (Å²) >= 11 is 0. The van der Waals surface area contributed by atoms with Gasteiger partial charge in [0.15, 0.2) is 13.6 Å². The van der Waals surface area contributed by atoms with Crippen LogP contribution in [0.3, 0.4) is 0 Å². The number of esters is 1. The van der Waals surface area contributed by atoms with Gasteiger partial charge < -0.3 is 23.7 Å². The van der Waals surface area contributed by atoms with Crippen molar-refractivity contribution in [2.45, 2.75) is 6.92 Å². The Morgan fingerprint density at radius 1 is 1.10 bits per heavy atom. The Labute approximate surface area is 124 Å². The molecule has 0 N–H and O–H groups in total. The lowest BCUT2D eigenvalue weighted by Gasteiger charge is -2.18. The minimum atomic E-state index is -0.565. The number of benzene rings is 1. The van der Waals surface area contributed by atoms with Crippen molar-refractivity contribution in [2.24, 2.45) is 0 Å². The lowest BCUT2D eigenvalue weighted by atomic mass is 10.0. The highest BCUT2D eigenvalue weighted by atomic mass is 16.7. The standard InChI is InChI=1S/C15H20O6/c1-10-6-7-12(20-8-17-3)13(11(2)15(16)19-5)14(10)21-9-18-4/h6-7H,2,8-9H2,1,3-5H3. The first-order valence-corrected chi connectivity index (χ1v) is 6.21. The molecule has 1 aromatic carbocycles. The van der Waals surface area contributed by atoms with E-state index in [9.17, 15) is 4.79 Å². The van der Waals surface area contributed by atoms with Crippen LogP contribution in [0.1, 0.15) is 11.1 Å². The van der Waals surface area contributed by atoms with Gasteiger partial charge in [0.25, 0.3) is 0 Å². The Kier molecular flexibility index (Phi) is 6.71. The molecule has 6 nitrogen and oxygen atoms in total. The maximum atomic E-state index is 11.8. The first-order valence-electron chi connectivity index (χ1n) is 6.21. The molecule has 0 aromatic heterocycles. The number of methoxy groups -OCH3 is 3. The number of hydrogen-bond donors (Lipinski definition) is 0. The predicted octanol–water partition coefficient (Wildman–Crippen LogP) is 2.15. The lowest BCUT2D eigenvalue weighted by molar-refractivity contribution is -0.133. The van der Waals surface area contributed by atoms with Gasteiger partial charge in [-0.1, -0.05) is 12.6 Å². The minimum Gasteiger partial charge on any atom is -0.467 e. The van der Waals surface area contributed by atoms with E-state index in [-0.39, 0.29) is 19.2 Å². The second-order valence-corrected chi connectivity index (χ2v) is 4.16. The summed E-state index contributed by atoms with van der Waals surface area (Å²) in [5.74, 6) is 0.315. The molecule has 0 aliphatic heterocycles. The van der Waals surface area contributed by atoms with Gasteiger partial charge in [0.05, 0.1) is 18.2 Å². The van der Waals surface area contributed by atoms with Crippen molar-refractivity contribution in [2.75, 3.05) is 34.9 Å². The molecule has 0 saturated carbocycles. The molecule has 0 saturated heterocycles. The van der Waals surface area contributed by atoms with Crippen LogP contribution in [0.2, 0.25) is 0 Å². The lowest BCUT2D eigenvalue weighted by Crippen LogP contribution is -2.10. The molecule has 0 amide bonds. The zero-order valence-corrected chi connectivity index (χ0v) is 12.7. The average Bonchev–Trinajstić information content (AvgIpc) is 2.50. The van der Waals surface area contributed by atoms with Gasteiger partial charge in [-0.2, -0.15) is 0 Å². The molecule has 21 heavy (non-hydrogen) atoms. The van der Waals surface area contributed by atoms with Crippen molar-refractivity contribution < 1.29 is 28.5 Å². The van der Waals surface area contributed by atoms with Gasteiger partial charge in [0.2, 0.25) is 0 Å².